The lowest BCUT2D eigenvalue weighted by atomic mass is 10.1. The first-order chi connectivity index (χ1) is 11.6. The van der Waals surface area contributed by atoms with Crippen LogP contribution in [0.25, 0.3) is 11.0 Å². The maximum absolute atomic E-state index is 13.3. The summed E-state index contributed by atoms with van der Waals surface area (Å²) in [5.74, 6) is 0. The first kappa shape index (κ1) is 15.7. The molecule has 1 aliphatic heterocycles. The highest BCUT2D eigenvalue weighted by Crippen LogP contribution is 2.37. The minimum Gasteiger partial charge on any atom is -0.268 e. The van der Waals surface area contributed by atoms with Gasteiger partial charge >= 0.3 is 0 Å². The van der Waals surface area contributed by atoms with Crippen molar-refractivity contribution in [2.75, 3.05) is 6.54 Å². The van der Waals surface area contributed by atoms with Crippen LogP contribution in [0.1, 0.15) is 31.5 Å². The topological polar surface area (TPSA) is 81.0 Å². The van der Waals surface area contributed by atoms with Crippen molar-refractivity contribution in [3.63, 3.8) is 0 Å². The van der Waals surface area contributed by atoms with Crippen LogP contribution in [0.4, 0.5) is 0 Å². The van der Waals surface area contributed by atoms with Crippen LogP contribution in [0.15, 0.2) is 35.4 Å². The summed E-state index contributed by atoms with van der Waals surface area (Å²) in [6.07, 6.45) is 3.37. The largest absolute Gasteiger partial charge is 0.268 e. The van der Waals surface area contributed by atoms with Crippen LogP contribution in [-0.4, -0.2) is 37.8 Å². The molecule has 3 heterocycles. The van der Waals surface area contributed by atoms with Crippen molar-refractivity contribution in [3.05, 3.63) is 36.2 Å². The molecule has 126 valence electrons. The normalized spacial score (nSPS) is 19.3. The Bertz CT molecular complexity index is 979. The smallest absolute Gasteiger partial charge is 0.245 e. The summed E-state index contributed by atoms with van der Waals surface area (Å²) in [5.41, 5.74) is 2.02. The fourth-order valence-electron chi connectivity index (χ4n) is 3.33. The first-order valence-corrected chi connectivity index (χ1v) is 10.0. The van der Waals surface area contributed by atoms with E-state index in [-0.39, 0.29) is 10.9 Å². The number of nitrogens with zero attached hydrogens (tertiary/aromatic N) is 5. The molecule has 7 nitrogen and oxygen atoms in total. The number of benzene rings is 1. The number of aromatic nitrogens is 4. The highest BCUT2D eigenvalue weighted by Gasteiger charge is 2.38. The predicted molar refractivity (Wildman–Crippen MR) is 91.2 cm³/mol. The van der Waals surface area contributed by atoms with Gasteiger partial charge in [0.1, 0.15) is 15.9 Å². The monoisotopic (exact) mass is 363 g/mol. The van der Waals surface area contributed by atoms with Crippen LogP contribution >= 0.6 is 11.7 Å². The van der Waals surface area contributed by atoms with Crippen LogP contribution < -0.4 is 0 Å². The zero-order chi connectivity index (χ0) is 16.7. The van der Waals surface area contributed by atoms with Crippen LogP contribution in [0.2, 0.25) is 0 Å². The van der Waals surface area contributed by atoms with E-state index in [9.17, 15) is 8.42 Å². The molecule has 0 N–H and O–H groups in total. The molecule has 2 aromatic heterocycles. The average Bonchev–Trinajstić information content (AvgIpc) is 3.31. The quantitative estimate of drug-likeness (QED) is 0.711. The van der Waals surface area contributed by atoms with E-state index in [1.807, 2.05) is 17.7 Å². The van der Waals surface area contributed by atoms with E-state index in [4.69, 9.17) is 0 Å². The summed E-state index contributed by atoms with van der Waals surface area (Å²) in [5, 5.41) is 4.28. The Morgan fingerprint density at radius 1 is 1.29 bits per heavy atom. The Labute approximate surface area is 144 Å². The lowest BCUT2D eigenvalue weighted by molar-refractivity contribution is 0.376. The van der Waals surface area contributed by atoms with E-state index in [2.05, 4.69) is 13.8 Å². The van der Waals surface area contributed by atoms with Gasteiger partial charge in [0.15, 0.2) is 0 Å². The first-order valence-electron chi connectivity index (χ1n) is 7.87. The zero-order valence-electron chi connectivity index (χ0n) is 13.2. The second-order valence-electron chi connectivity index (χ2n) is 5.73. The second kappa shape index (κ2) is 5.91. The van der Waals surface area contributed by atoms with Crippen LogP contribution in [0.5, 0.6) is 0 Å². The van der Waals surface area contributed by atoms with E-state index in [1.54, 1.807) is 28.7 Å². The summed E-state index contributed by atoms with van der Waals surface area (Å²) >= 11 is 1.03. The van der Waals surface area contributed by atoms with E-state index in [0.29, 0.717) is 17.6 Å². The summed E-state index contributed by atoms with van der Waals surface area (Å²) in [6, 6.07) is 6.85. The molecule has 1 atom stereocenters. The Kier molecular flexibility index (Phi) is 3.86. The van der Waals surface area contributed by atoms with Gasteiger partial charge in [-0.2, -0.15) is 18.2 Å². The van der Waals surface area contributed by atoms with Gasteiger partial charge in [0.25, 0.3) is 0 Å². The molecule has 0 spiro atoms. The maximum atomic E-state index is 13.3. The predicted octanol–water partition coefficient (Wildman–Crippen LogP) is 2.43. The molecule has 0 aliphatic carbocycles. The molecule has 9 heteroatoms. The second-order valence-corrected chi connectivity index (χ2v) is 8.12. The Morgan fingerprint density at radius 3 is 3.00 bits per heavy atom. The van der Waals surface area contributed by atoms with Crippen molar-refractivity contribution < 1.29 is 8.42 Å². The molecule has 24 heavy (non-hydrogen) atoms. The van der Waals surface area contributed by atoms with Crippen molar-refractivity contribution in [1.29, 1.82) is 0 Å². The molecule has 0 amide bonds. The van der Waals surface area contributed by atoms with Crippen molar-refractivity contribution in [2.24, 2.45) is 0 Å². The number of rotatable bonds is 4. The zero-order valence-corrected chi connectivity index (χ0v) is 14.8. The average molecular weight is 363 g/mol. The molecule has 1 aliphatic rings. The minimum atomic E-state index is -3.64. The molecular formula is C15H17N5O2S2. The number of fused-ring (bicyclic) bond motifs is 1. The van der Waals surface area contributed by atoms with Crippen LogP contribution in [0, 0.1) is 0 Å². The fraction of sp³-hybridized carbons (Fsp3) is 0.400. The number of hydrogen-bond acceptors (Lipinski definition) is 6. The summed E-state index contributed by atoms with van der Waals surface area (Å²) in [4.78, 5) is 0.239. The highest BCUT2D eigenvalue weighted by molar-refractivity contribution is 7.89. The van der Waals surface area contributed by atoms with Gasteiger partial charge in [-0.25, -0.2) is 8.42 Å². The number of aryl methyl sites for hydroxylation is 1. The molecule has 1 aromatic carbocycles. The third-order valence-electron chi connectivity index (χ3n) is 4.43. The molecule has 4 rings (SSSR count). The van der Waals surface area contributed by atoms with Gasteiger partial charge in [0.05, 0.1) is 23.5 Å². The van der Waals surface area contributed by atoms with Gasteiger partial charge in [-0.05, 0) is 38.0 Å². The Balaban J connectivity index is 1.80. The third kappa shape index (κ3) is 2.35. The summed E-state index contributed by atoms with van der Waals surface area (Å²) < 4.78 is 38.4. The molecule has 3 aromatic rings. The van der Waals surface area contributed by atoms with Crippen molar-refractivity contribution in [1.82, 2.24) is 22.8 Å². The third-order valence-corrected chi connectivity index (χ3v) is 6.91. The minimum absolute atomic E-state index is 0.181. The van der Waals surface area contributed by atoms with Gasteiger partial charge in [-0.1, -0.05) is 6.07 Å². The Hall–Kier alpha value is -1.84. The molecule has 0 saturated carbocycles. The van der Waals surface area contributed by atoms with Gasteiger partial charge in [-0.3, -0.25) is 4.68 Å². The van der Waals surface area contributed by atoms with E-state index < -0.39 is 10.0 Å². The van der Waals surface area contributed by atoms with Crippen molar-refractivity contribution >= 4 is 32.8 Å². The van der Waals surface area contributed by atoms with Crippen molar-refractivity contribution in [3.8, 4) is 0 Å². The lowest BCUT2D eigenvalue weighted by Gasteiger charge is -2.24. The van der Waals surface area contributed by atoms with Crippen molar-refractivity contribution in [2.45, 2.75) is 37.2 Å². The van der Waals surface area contributed by atoms with Crippen LogP contribution in [0.3, 0.4) is 0 Å². The fourth-order valence-corrected chi connectivity index (χ4v) is 5.75. The molecule has 0 unspecified atom stereocenters. The number of sulfonamides is 1. The molecule has 1 fully saturated rings. The molecule has 0 bridgehead atoms. The molecular weight excluding hydrogens is 346 g/mol. The highest BCUT2D eigenvalue weighted by atomic mass is 32.2. The van der Waals surface area contributed by atoms with E-state index in [0.717, 1.165) is 36.8 Å². The van der Waals surface area contributed by atoms with E-state index in [1.165, 1.54) is 0 Å². The Morgan fingerprint density at radius 2 is 2.17 bits per heavy atom. The molecule has 1 saturated heterocycles. The SMILES string of the molecule is CCn1nccc1[C@H]1CCCN1S(=O)(=O)c1cccc2nsnc12. The molecule has 0 radical (unpaired) electrons. The standard InChI is InChI=1S/C15H17N5O2S2/c1-2-19-12(8-9-16-19)13-6-4-10-20(13)24(21,22)14-7-3-5-11-15(14)18-23-17-11/h3,5,7-9,13H,2,4,6,10H2,1H3/t13-/m1/s1. The summed E-state index contributed by atoms with van der Waals surface area (Å²) in [7, 11) is -3.64. The summed E-state index contributed by atoms with van der Waals surface area (Å²) in [6.45, 7) is 3.24. The van der Waals surface area contributed by atoms with Gasteiger partial charge < -0.3 is 0 Å². The van der Waals surface area contributed by atoms with Crippen LogP contribution in [-0.2, 0) is 16.6 Å². The maximum Gasteiger partial charge on any atom is 0.245 e. The number of hydrogen-bond donors (Lipinski definition) is 0. The van der Waals surface area contributed by atoms with Gasteiger partial charge in [0.2, 0.25) is 10.0 Å². The van der Waals surface area contributed by atoms with E-state index >= 15 is 0 Å². The van der Waals surface area contributed by atoms with Gasteiger partial charge in [-0.15, -0.1) is 0 Å². The van der Waals surface area contributed by atoms with Gasteiger partial charge in [0, 0.05) is 19.3 Å². The lowest BCUT2D eigenvalue weighted by Crippen LogP contribution is -2.32.